The molecule has 0 saturated heterocycles. The second kappa shape index (κ2) is 4.80. The first-order chi connectivity index (χ1) is 10.8. The normalized spacial score (nSPS) is 13.9. The number of Topliss-reactive ketones (excluding diaryl/α,β-unsaturated/α-hetero) is 1. The third-order valence-corrected chi connectivity index (χ3v) is 3.97. The maximum absolute atomic E-state index is 12.1. The van der Waals surface area contributed by atoms with Crippen LogP contribution < -0.4 is 4.90 Å². The van der Waals surface area contributed by atoms with Gasteiger partial charge in [0.15, 0.2) is 0 Å². The van der Waals surface area contributed by atoms with Crippen molar-refractivity contribution in [1.29, 1.82) is 0 Å². The van der Waals surface area contributed by atoms with Crippen molar-refractivity contribution in [3.63, 3.8) is 0 Å². The molecule has 108 valence electrons. The zero-order chi connectivity index (χ0) is 15.1. The Morgan fingerprint density at radius 1 is 0.909 bits per heavy atom. The average molecular weight is 291 g/mol. The molecule has 5 nitrogen and oxygen atoms in total. The van der Waals surface area contributed by atoms with Crippen LogP contribution in [0.4, 0.5) is 5.69 Å². The number of benzene rings is 2. The van der Waals surface area contributed by atoms with E-state index in [9.17, 15) is 9.59 Å². The van der Waals surface area contributed by atoms with Crippen LogP contribution in [-0.4, -0.2) is 27.8 Å². The number of ketones is 1. The predicted octanol–water partition coefficient (Wildman–Crippen LogP) is 2.27. The Morgan fingerprint density at radius 2 is 1.68 bits per heavy atom. The Bertz CT molecular complexity index is 898. The third kappa shape index (κ3) is 1.83. The molecule has 0 unspecified atom stereocenters. The summed E-state index contributed by atoms with van der Waals surface area (Å²) in [4.78, 5) is 30.0. The highest BCUT2D eigenvalue weighted by molar-refractivity contribution is 6.52. The fraction of sp³-hybridized carbons (Fsp3) is 0.118. The van der Waals surface area contributed by atoms with Gasteiger partial charge in [-0.2, -0.15) is 0 Å². The van der Waals surface area contributed by atoms with Crippen molar-refractivity contribution >= 4 is 28.4 Å². The molecule has 0 saturated carbocycles. The maximum atomic E-state index is 12.1. The summed E-state index contributed by atoms with van der Waals surface area (Å²) >= 11 is 0. The number of carbonyl (C=O) groups excluding carboxylic acids is 2. The van der Waals surface area contributed by atoms with E-state index in [-0.39, 0.29) is 0 Å². The van der Waals surface area contributed by atoms with Crippen molar-refractivity contribution in [2.24, 2.45) is 0 Å². The standard InChI is InChI=1S/C17H13N3O2/c21-16-12-5-1-3-7-14(12)20(17(16)22)10-9-19-11-18-13-6-2-4-8-15(13)19/h1-8,11H,9-10H2. The van der Waals surface area contributed by atoms with Crippen LogP contribution in [0.3, 0.4) is 0 Å². The summed E-state index contributed by atoms with van der Waals surface area (Å²) in [5.41, 5.74) is 3.13. The summed E-state index contributed by atoms with van der Waals surface area (Å²) in [6.07, 6.45) is 1.76. The van der Waals surface area contributed by atoms with E-state index in [2.05, 4.69) is 4.98 Å². The molecule has 0 spiro atoms. The molecule has 2 heterocycles. The molecule has 1 amide bonds. The van der Waals surface area contributed by atoms with Crippen LogP contribution in [0.1, 0.15) is 10.4 Å². The molecular formula is C17H13N3O2. The van der Waals surface area contributed by atoms with Gasteiger partial charge in [-0.3, -0.25) is 9.59 Å². The summed E-state index contributed by atoms with van der Waals surface area (Å²) in [6, 6.07) is 15.0. The average Bonchev–Trinajstić information content (AvgIpc) is 3.07. The van der Waals surface area contributed by atoms with Gasteiger partial charge in [0.1, 0.15) is 0 Å². The fourth-order valence-electron chi connectivity index (χ4n) is 2.87. The highest BCUT2D eigenvalue weighted by atomic mass is 16.2. The van der Waals surface area contributed by atoms with Crippen molar-refractivity contribution < 1.29 is 9.59 Å². The SMILES string of the molecule is O=C1C(=O)N(CCn2cnc3ccccc32)c2ccccc21. The molecule has 22 heavy (non-hydrogen) atoms. The van der Waals surface area contributed by atoms with Crippen molar-refractivity contribution in [2.75, 3.05) is 11.4 Å². The molecule has 1 aromatic heterocycles. The number of hydrogen-bond acceptors (Lipinski definition) is 3. The highest BCUT2D eigenvalue weighted by Gasteiger charge is 2.34. The number of nitrogens with zero attached hydrogens (tertiary/aromatic N) is 3. The van der Waals surface area contributed by atoms with Crippen LogP contribution in [-0.2, 0) is 11.3 Å². The lowest BCUT2D eigenvalue weighted by molar-refractivity contribution is -0.114. The first-order valence-corrected chi connectivity index (χ1v) is 7.11. The van der Waals surface area contributed by atoms with Crippen LogP contribution in [0.2, 0.25) is 0 Å². The van der Waals surface area contributed by atoms with Crippen LogP contribution >= 0.6 is 0 Å². The van der Waals surface area contributed by atoms with E-state index < -0.39 is 11.7 Å². The van der Waals surface area contributed by atoms with Gasteiger partial charge in [0.2, 0.25) is 0 Å². The Labute approximate surface area is 126 Å². The summed E-state index contributed by atoms with van der Waals surface area (Å²) in [7, 11) is 0. The van der Waals surface area contributed by atoms with Gasteiger partial charge in [0, 0.05) is 13.1 Å². The minimum absolute atomic E-state index is 0.425. The number of anilines is 1. The molecule has 0 bridgehead atoms. The number of imidazole rings is 1. The summed E-state index contributed by atoms with van der Waals surface area (Å²) < 4.78 is 1.99. The predicted molar refractivity (Wildman–Crippen MR) is 82.9 cm³/mol. The van der Waals surface area contributed by atoms with Crippen LogP contribution in [0.25, 0.3) is 11.0 Å². The molecule has 5 heteroatoms. The minimum atomic E-state index is -0.453. The zero-order valence-corrected chi connectivity index (χ0v) is 11.8. The molecule has 3 aromatic rings. The summed E-state index contributed by atoms with van der Waals surface area (Å²) in [5, 5.41) is 0. The van der Waals surface area contributed by atoms with Crippen LogP contribution in [0.15, 0.2) is 54.9 Å². The van der Waals surface area contributed by atoms with Crippen molar-refractivity contribution in [1.82, 2.24) is 9.55 Å². The van der Waals surface area contributed by atoms with Gasteiger partial charge in [-0.15, -0.1) is 0 Å². The Morgan fingerprint density at radius 3 is 2.59 bits per heavy atom. The molecule has 0 atom stereocenters. The van der Waals surface area contributed by atoms with Gasteiger partial charge in [-0.05, 0) is 24.3 Å². The molecular weight excluding hydrogens is 278 g/mol. The molecule has 2 aromatic carbocycles. The minimum Gasteiger partial charge on any atom is -0.329 e. The summed E-state index contributed by atoms with van der Waals surface area (Å²) in [5.74, 6) is -0.878. The van der Waals surface area contributed by atoms with Gasteiger partial charge in [0.05, 0.1) is 28.6 Å². The van der Waals surface area contributed by atoms with Crippen molar-refractivity contribution in [2.45, 2.75) is 6.54 Å². The molecule has 1 aliphatic rings. The van der Waals surface area contributed by atoms with Crippen molar-refractivity contribution in [3.05, 3.63) is 60.4 Å². The third-order valence-electron chi connectivity index (χ3n) is 3.97. The largest absolute Gasteiger partial charge is 0.329 e. The lowest BCUT2D eigenvalue weighted by Gasteiger charge is -2.16. The monoisotopic (exact) mass is 291 g/mol. The highest BCUT2D eigenvalue weighted by Crippen LogP contribution is 2.28. The van der Waals surface area contributed by atoms with E-state index in [0.29, 0.717) is 24.3 Å². The van der Waals surface area contributed by atoms with Gasteiger partial charge in [-0.25, -0.2) is 4.98 Å². The molecule has 4 rings (SSSR count). The number of rotatable bonds is 3. The van der Waals surface area contributed by atoms with E-state index in [1.54, 1.807) is 23.4 Å². The number of para-hydroxylation sites is 3. The second-order valence-electron chi connectivity index (χ2n) is 5.23. The lowest BCUT2D eigenvalue weighted by atomic mass is 10.1. The van der Waals surface area contributed by atoms with Crippen molar-refractivity contribution in [3.8, 4) is 0 Å². The van der Waals surface area contributed by atoms with Gasteiger partial charge >= 0.3 is 0 Å². The second-order valence-corrected chi connectivity index (χ2v) is 5.23. The van der Waals surface area contributed by atoms with E-state index in [1.807, 2.05) is 41.0 Å². The number of amides is 1. The number of carbonyl (C=O) groups is 2. The molecule has 0 fully saturated rings. The quantitative estimate of drug-likeness (QED) is 0.696. The number of aromatic nitrogens is 2. The van der Waals surface area contributed by atoms with E-state index in [1.165, 1.54) is 0 Å². The van der Waals surface area contributed by atoms with E-state index >= 15 is 0 Å². The van der Waals surface area contributed by atoms with E-state index in [0.717, 1.165) is 11.0 Å². The van der Waals surface area contributed by atoms with Crippen LogP contribution in [0.5, 0.6) is 0 Å². The van der Waals surface area contributed by atoms with Crippen LogP contribution in [0, 0.1) is 0 Å². The first kappa shape index (κ1) is 12.8. The Kier molecular flexibility index (Phi) is 2.79. The maximum Gasteiger partial charge on any atom is 0.299 e. The topological polar surface area (TPSA) is 55.2 Å². The van der Waals surface area contributed by atoms with Gasteiger partial charge < -0.3 is 9.47 Å². The molecule has 0 N–H and O–H groups in total. The molecule has 0 aliphatic carbocycles. The first-order valence-electron chi connectivity index (χ1n) is 7.11. The number of fused-ring (bicyclic) bond motifs is 2. The van der Waals surface area contributed by atoms with Gasteiger partial charge in [-0.1, -0.05) is 24.3 Å². The smallest absolute Gasteiger partial charge is 0.299 e. The van der Waals surface area contributed by atoms with Gasteiger partial charge in [0.25, 0.3) is 11.7 Å². The fourth-order valence-corrected chi connectivity index (χ4v) is 2.87. The molecule has 0 radical (unpaired) electrons. The van der Waals surface area contributed by atoms with E-state index in [4.69, 9.17) is 0 Å². The molecule has 1 aliphatic heterocycles. The number of hydrogen-bond donors (Lipinski definition) is 0. The Balaban J connectivity index is 1.62. The summed E-state index contributed by atoms with van der Waals surface area (Å²) in [6.45, 7) is 1.04. The lowest BCUT2D eigenvalue weighted by Crippen LogP contribution is -2.32. The Hall–Kier alpha value is -2.95. The zero-order valence-electron chi connectivity index (χ0n) is 11.8.